The summed E-state index contributed by atoms with van der Waals surface area (Å²) in [6.45, 7) is 1.97. The lowest BCUT2D eigenvalue weighted by atomic mass is 10.1. The number of carbonyl (C=O) groups is 2. The Morgan fingerprint density at radius 1 is 0.938 bits per heavy atom. The Bertz CT molecular complexity index is 1170. The molecule has 0 atom stereocenters. The molecule has 1 aliphatic heterocycles. The second kappa shape index (κ2) is 9.71. The summed E-state index contributed by atoms with van der Waals surface area (Å²) in [7, 11) is 0. The van der Waals surface area contributed by atoms with Crippen LogP contribution < -0.4 is 10.2 Å². The number of piperazine rings is 1. The first-order chi connectivity index (χ1) is 15.4. The minimum Gasteiger partial charge on any atom is -0.366 e. The number of nitrogens with one attached hydrogen (secondary N) is 1. The maximum Gasteiger partial charge on any atom is 0.256 e. The van der Waals surface area contributed by atoms with E-state index in [2.05, 4.69) is 26.1 Å². The molecule has 1 N–H and O–H groups in total. The van der Waals surface area contributed by atoms with Gasteiger partial charge >= 0.3 is 0 Å². The van der Waals surface area contributed by atoms with Gasteiger partial charge in [-0.1, -0.05) is 45.7 Å². The van der Waals surface area contributed by atoms with Crippen molar-refractivity contribution in [2.24, 2.45) is 0 Å². The highest BCUT2D eigenvalue weighted by Gasteiger charge is 2.25. The number of hydrogen-bond donors (Lipinski definition) is 1. The van der Waals surface area contributed by atoms with Gasteiger partial charge in [0.15, 0.2) is 0 Å². The van der Waals surface area contributed by atoms with Crippen LogP contribution in [0.5, 0.6) is 0 Å². The van der Waals surface area contributed by atoms with Crippen molar-refractivity contribution in [2.75, 3.05) is 36.4 Å². The Kier molecular flexibility index (Phi) is 6.77. The Morgan fingerprint density at radius 3 is 2.41 bits per heavy atom. The predicted molar refractivity (Wildman–Crippen MR) is 128 cm³/mol. The molecule has 0 aromatic heterocycles. The summed E-state index contributed by atoms with van der Waals surface area (Å²) in [5.41, 5.74) is 2.01. The van der Waals surface area contributed by atoms with Crippen molar-refractivity contribution in [3.63, 3.8) is 0 Å². The van der Waals surface area contributed by atoms with Crippen LogP contribution in [0.4, 0.5) is 15.8 Å². The van der Waals surface area contributed by atoms with Crippen LogP contribution in [0.15, 0.2) is 71.2 Å². The molecule has 2 amide bonds. The number of hydrogen-bond acceptors (Lipinski definition) is 3. The van der Waals surface area contributed by atoms with Gasteiger partial charge in [0.2, 0.25) is 0 Å². The molecule has 3 aromatic carbocycles. The van der Waals surface area contributed by atoms with E-state index >= 15 is 0 Å². The number of nitrogens with zero attached hydrogens (tertiary/aromatic N) is 2. The molecule has 1 aliphatic rings. The van der Waals surface area contributed by atoms with E-state index in [0.29, 0.717) is 42.5 Å². The quantitative estimate of drug-likeness (QED) is 0.501. The second-order valence-electron chi connectivity index (χ2n) is 7.39. The third kappa shape index (κ3) is 4.95. The van der Waals surface area contributed by atoms with Gasteiger partial charge in [-0.05, 0) is 48.5 Å². The first-order valence-corrected chi connectivity index (χ1v) is 11.2. The Labute approximate surface area is 198 Å². The van der Waals surface area contributed by atoms with Crippen molar-refractivity contribution in [3.8, 4) is 0 Å². The summed E-state index contributed by atoms with van der Waals surface area (Å²) in [4.78, 5) is 29.2. The van der Waals surface area contributed by atoms with Gasteiger partial charge < -0.3 is 15.1 Å². The maximum absolute atomic E-state index is 14.0. The van der Waals surface area contributed by atoms with Crippen LogP contribution in [-0.4, -0.2) is 42.9 Å². The highest BCUT2D eigenvalue weighted by Crippen LogP contribution is 2.31. The molecular formula is C24H20BrClFN3O2. The summed E-state index contributed by atoms with van der Waals surface area (Å²) in [6, 6.07) is 18.5. The second-order valence-corrected chi connectivity index (χ2v) is 8.74. The average Bonchev–Trinajstić information content (AvgIpc) is 2.79. The molecule has 0 saturated carbocycles. The predicted octanol–water partition coefficient (Wildman–Crippen LogP) is 5.46. The third-order valence-corrected chi connectivity index (χ3v) is 6.03. The molecule has 164 valence electrons. The number of halogens is 3. The van der Waals surface area contributed by atoms with Crippen molar-refractivity contribution in [2.45, 2.75) is 0 Å². The molecule has 0 radical (unpaired) electrons. The van der Waals surface area contributed by atoms with Gasteiger partial charge in [-0.15, -0.1) is 0 Å². The molecule has 5 nitrogen and oxygen atoms in total. The number of carbonyl (C=O) groups excluding carboxylic acids is 2. The molecule has 4 rings (SSSR count). The lowest BCUT2D eigenvalue weighted by Crippen LogP contribution is -2.49. The fraction of sp³-hybridized carbons (Fsp3) is 0.167. The van der Waals surface area contributed by atoms with E-state index in [4.69, 9.17) is 11.6 Å². The minimum atomic E-state index is -0.518. The van der Waals surface area contributed by atoms with Gasteiger partial charge in [0.05, 0.1) is 16.9 Å². The van der Waals surface area contributed by atoms with Crippen LogP contribution in [0.2, 0.25) is 5.02 Å². The minimum absolute atomic E-state index is 0.0782. The zero-order valence-corrected chi connectivity index (χ0v) is 19.4. The van der Waals surface area contributed by atoms with E-state index in [1.165, 1.54) is 12.1 Å². The van der Waals surface area contributed by atoms with Crippen LogP contribution in [0.1, 0.15) is 20.7 Å². The smallest absolute Gasteiger partial charge is 0.256 e. The molecule has 0 spiro atoms. The van der Waals surface area contributed by atoms with Crippen molar-refractivity contribution in [1.29, 1.82) is 0 Å². The van der Waals surface area contributed by atoms with Crippen LogP contribution in [0.3, 0.4) is 0 Å². The molecule has 3 aromatic rings. The molecule has 1 saturated heterocycles. The third-order valence-electron chi connectivity index (χ3n) is 5.31. The van der Waals surface area contributed by atoms with Gasteiger partial charge in [-0.25, -0.2) is 4.39 Å². The highest BCUT2D eigenvalue weighted by atomic mass is 79.9. The monoisotopic (exact) mass is 515 g/mol. The Balaban J connectivity index is 1.48. The van der Waals surface area contributed by atoms with E-state index in [0.717, 1.165) is 10.2 Å². The summed E-state index contributed by atoms with van der Waals surface area (Å²) >= 11 is 9.57. The van der Waals surface area contributed by atoms with Crippen molar-refractivity contribution in [1.82, 2.24) is 4.90 Å². The van der Waals surface area contributed by atoms with Crippen molar-refractivity contribution >= 4 is 50.7 Å². The van der Waals surface area contributed by atoms with Gasteiger partial charge in [0.25, 0.3) is 11.8 Å². The zero-order chi connectivity index (χ0) is 22.7. The van der Waals surface area contributed by atoms with E-state index < -0.39 is 5.82 Å². The van der Waals surface area contributed by atoms with E-state index in [9.17, 15) is 14.0 Å². The molecule has 0 aliphatic carbocycles. The first kappa shape index (κ1) is 22.3. The SMILES string of the molecule is O=C(Nc1cc(Cl)ccc1N1CCN(C(=O)c2ccccc2F)CC1)c1cccc(Br)c1. The molecular weight excluding hydrogens is 497 g/mol. The number of amides is 2. The van der Waals surface area contributed by atoms with E-state index in [-0.39, 0.29) is 17.4 Å². The highest BCUT2D eigenvalue weighted by molar-refractivity contribution is 9.10. The normalized spacial score (nSPS) is 13.7. The standard InChI is InChI=1S/C24H20BrClFN3O2/c25-17-5-3-4-16(14-17)23(31)28-21-15-18(26)8-9-22(21)29-10-12-30(13-11-29)24(32)19-6-1-2-7-20(19)27/h1-9,14-15H,10-13H2,(H,28,31). The fourth-order valence-corrected chi connectivity index (χ4v) is 4.24. The summed E-state index contributed by atoms with van der Waals surface area (Å²) in [5.74, 6) is -1.08. The van der Waals surface area contributed by atoms with Crippen LogP contribution >= 0.6 is 27.5 Å². The van der Waals surface area contributed by atoms with Crippen molar-refractivity contribution < 1.29 is 14.0 Å². The average molecular weight is 517 g/mol. The molecule has 1 heterocycles. The van der Waals surface area contributed by atoms with Gasteiger partial charge in [-0.3, -0.25) is 9.59 Å². The summed E-state index contributed by atoms with van der Waals surface area (Å²) in [5, 5.41) is 3.45. The molecule has 1 fully saturated rings. The van der Waals surface area contributed by atoms with Crippen LogP contribution in [0.25, 0.3) is 0 Å². The van der Waals surface area contributed by atoms with E-state index in [1.807, 2.05) is 12.1 Å². The number of benzene rings is 3. The maximum atomic E-state index is 14.0. The Hall–Kier alpha value is -2.90. The fourth-order valence-electron chi connectivity index (χ4n) is 3.66. The lowest BCUT2D eigenvalue weighted by Gasteiger charge is -2.37. The topological polar surface area (TPSA) is 52.7 Å². The van der Waals surface area contributed by atoms with Gasteiger partial charge in [0.1, 0.15) is 5.82 Å². The molecule has 32 heavy (non-hydrogen) atoms. The number of rotatable bonds is 4. The zero-order valence-electron chi connectivity index (χ0n) is 17.0. The lowest BCUT2D eigenvalue weighted by molar-refractivity contribution is 0.0742. The Morgan fingerprint density at radius 2 is 1.69 bits per heavy atom. The number of anilines is 2. The van der Waals surface area contributed by atoms with E-state index in [1.54, 1.807) is 47.4 Å². The summed E-state index contributed by atoms with van der Waals surface area (Å²) < 4.78 is 14.8. The van der Waals surface area contributed by atoms with Crippen molar-refractivity contribution in [3.05, 3.63) is 93.2 Å². The largest absolute Gasteiger partial charge is 0.366 e. The van der Waals surface area contributed by atoms with Crippen LogP contribution in [0, 0.1) is 5.82 Å². The van der Waals surface area contributed by atoms with Gasteiger partial charge in [0, 0.05) is 41.2 Å². The summed E-state index contributed by atoms with van der Waals surface area (Å²) in [6.07, 6.45) is 0. The molecule has 0 bridgehead atoms. The molecule has 0 unspecified atom stereocenters. The van der Waals surface area contributed by atoms with Crippen LogP contribution in [-0.2, 0) is 0 Å². The first-order valence-electron chi connectivity index (χ1n) is 10.1. The molecule has 8 heteroatoms. The van der Waals surface area contributed by atoms with Gasteiger partial charge in [-0.2, -0.15) is 0 Å².